The Hall–Kier alpha value is -3.70. The molecule has 13 atom stereocenters. The van der Waals surface area contributed by atoms with Crippen LogP contribution in [-0.2, 0) is 71.3 Å². The molecule has 4 aliphatic heterocycles. The zero-order valence-corrected chi connectivity index (χ0v) is 39.7. The Bertz CT molecular complexity index is 1620. The smallest absolute Gasteiger partial charge is 0.408 e. The molecular weight excluding hydrogens is 842 g/mol. The number of carbonyl (C=O) groups excluding carboxylic acids is 6. The van der Waals surface area contributed by atoms with Gasteiger partial charge in [-0.25, -0.2) is 9.59 Å². The molecule has 0 aromatic rings. The van der Waals surface area contributed by atoms with Crippen LogP contribution >= 0.6 is 0 Å². The molecule has 4 saturated heterocycles. The van der Waals surface area contributed by atoms with E-state index in [0.29, 0.717) is 38.5 Å². The third-order valence-electron chi connectivity index (χ3n) is 11.2. The number of hydrogen-bond acceptors (Lipinski definition) is 16. The highest BCUT2D eigenvalue weighted by atomic mass is 16.9. The third kappa shape index (κ3) is 14.9. The largest absolute Gasteiger partial charge is 0.467 e. The van der Waals surface area contributed by atoms with Crippen LogP contribution in [-0.4, -0.2) is 154 Å². The predicted octanol–water partition coefficient (Wildman–Crippen LogP) is 1.96. The van der Waals surface area contributed by atoms with Gasteiger partial charge in [-0.3, -0.25) is 19.2 Å². The van der Waals surface area contributed by atoms with Gasteiger partial charge < -0.3 is 74.0 Å². The summed E-state index contributed by atoms with van der Waals surface area (Å²) < 4.78 is 58.2. The first-order valence-corrected chi connectivity index (χ1v) is 22.2. The lowest BCUT2D eigenvalue weighted by molar-refractivity contribution is -0.220. The van der Waals surface area contributed by atoms with Gasteiger partial charge in [0.25, 0.3) is 0 Å². The molecule has 0 saturated carbocycles. The molecule has 4 fully saturated rings. The Morgan fingerprint density at radius 3 is 1.38 bits per heavy atom. The Balaban J connectivity index is 1.34. The van der Waals surface area contributed by atoms with Gasteiger partial charge in [0.2, 0.25) is 23.6 Å². The van der Waals surface area contributed by atoms with Gasteiger partial charge in [0.05, 0.1) is 19.2 Å². The normalized spacial score (nSPS) is 29.0. The standard InChI is InChI=1S/C43H73N5O16/c1-22(35(51)47-25(18-15-17-21-28(50)45-24(3)37(53)57-13)29-31(55-11)33-38(58-29)62-42(7,8)60-33)44-27(49)20-16-14-19-26(48-36(52)23(2)46-40(54)64-41(4,5)6)30-32(56-12)34-39(59-30)63-43(9,10)61-34/h22-26,29-34,38-39H,14-21H2,1-13H3,(H,44,49)(H,45,50)(H,46,54)(H,47,51)(H,48,52)/t22-,23-,24-,25-,26-,29+,30+,31-,32-,33+,34+,38+,39+/m0/s1. The number of methoxy groups -OCH3 is 3. The molecule has 0 aromatic heterocycles. The van der Waals surface area contributed by atoms with Crippen LogP contribution < -0.4 is 26.6 Å². The number of unbranched alkanes of at least 4 members (excludes halogenated alkanes) is 2. The Morgan fingerprint density at radius 1 is 0.578 bits per heavy atom. The summed E-state index contributed by atoms with van der Waals surface area (Å²) in [5.74, 6) is -3.96. The molecule has 0 radical (unpaired) electrons. The molecule has 5 N–H and O–H groups in total. The van der Waals surface area contributed by atoms with E-state index in [-0.39, 0.29) is 24.7 Å². The Morgan fingerprint density at radius 2 is 0.984 bits per heavy atom. The fraction of sp³-hybridized carbons (Fsp3) is 0.860. The van der Waals surface area contributed by atoms with E-state index in [0.717, 1.165) is 0 Å². The molecule has 0 aromatic carbocycles. The summed E-state index contributed by atoms with van der Waals surface area (Å²) in [7, 11) is 4.30. The van der Waals surface area contributed by atoms with Crippen LogP contribution in [0.2, 0.25) is 0 Å². The van der Waals surface area contributed by atoms with Crippen LogP contribution in [0.4, 0.5) is 4.79 Å². The van der Waals surface area contributed by atoms with Gasteiger partial charge in [-0.15, -0.1) is 0 Å². The molecule has 21 nitrogen and oxygen atoms in total. The minimum Gasteiger partial charge on any atom is -0.467 e. The van der Waals surface area contributed by atoms with E-state index in [1.54, 1.807) is 55.4 Å². The fourth-order valence-corrected chi connectivity index (χ4v) is 8.22. The van der Waals surface area contributed by atoms with E-state index >= 15 is 0 Å². The van der Waals surface area contributed by atoms with Crippen molar-refractivity contribution in [2.24, 2.45) is 0 Å². The average molecular weight is 916 g/mol. The van der Waals surface area contributed by atoms with E-state index in [9.17, 15) is 28.8 Å². The monoisotopic (exact) mass is 916 g/mol. The molecule has 366 valence electrons. The highest BCUT2D eigenvalue weighted by Crippen LogP contribution is 2.41. The van der Waals surface area contributed by atoms with Crippen LogP contribution in [0.1, 0.15) is 121 Å². The molecular formula is C43H73N5O16. The van der Waals surface area contributed by atoms with Crippen LogP contribution in [0.15, 0.2) is 0 Å². The molecule has 0 bridgehead atoms. The molecule has 0 aliphatic carbocycles. The number of esters is 1. The number of nitrogens with one attached hydrogen (secondary N) is 5. The molecule has 5 amide bonds. The van der Waals surface area contributed by atoms with Gasteiger partial charge in [0.15, 0.2) is 24.2 Å². The maximum atomic E-state index is 13.7. The summed E-state index contributed by atoms with van der Waals surface area (Å²) in [5.41, 5.74) is -0.758. The lowest BCUT2D eigenvalue weighted by Crippen LogP contribution is -2.55. The first-order chi connectivity index (χ1) is 29.9. The predicted molar refractivity (Wildman–Crippen MR) is 226 cm³/mol. The second-order valence-electron chi connectivity index (χ2n) is 18.7. The number of rotatable bonds is 22. The van der Waals surface area contributed by atoms with Crippen LogP contribution in [0.5, 0.6) is 0 Å². The van der Waals surface area contributed by atoms with Crippen molar-refractivity contribution in [2.45, 2.75) is 217 Å². The van der Waals surface area contributed by atoms with E-state index in [4.69, 9.17) is 42.6 Å². The summed E-state index contributed by atoms with van der Waals surface area (Å²) in [5, 5.41) is 14.0. The van der Waals surface area contributed by atoms with Crippen molar-refractivity contribution in [1.29, 1.82) is 0 Å². The molecule has 4 aliphatic rings. The second-order valence-corrected chi connectivity index (χ2v) is 18.7. The summed E-state index contributed by atoms with van der Waals surface area (Å²) in [6.45, 7) is 16.9. The van der Waals surface area contributed by atoms with E-state index in [2.05, 4.69) is 31.3 Å². The first kappa shape index (κ1) is 52.9. The number of amides is 5. The highest BCUT2D eigenvalue weighted by molar-refractivity contribution is 5.87. The average Bonchev–Trinajstić information content (AvgIpc) is 3.89. The lowest BCUT2D eigenvalue weighted by Gasteiger charge is -2.32. The molecule has 0 unspecified atom stereocenters. The topological polar surface area (TPSA) is 255 Å². The fourth-order valence-electron chi connectivity index (χ4n) is 8.22. The summed E-state index contributed by atoms with van der Waals surface area (Å²) >= 11 is 0. The van der Waals surface area contributed by atoms with Gasteiger partial charge >= 0.3 is 12.1 Å². The molecule has 4 rings (SSSR count). The lowest BCUT2D eigenvalue weighted by atomic mass is 9.97. The van der Waals surface area contributed by atoms with Crippen molar-refractivity contribution < 1.29 is 76.1 Å². The van der Waals surface area contributed by atoms with Crippen molar-refractivity contribution in [1.82, 2.24) is 26.6 Å². The first-order valence-electron chi connectivity index (χ1n) is 22.2. The number of carbonyl (C=O) groups is 6. The molecule has 64 heavy (non-hydrogen) atoms. The van der Waals surface area contributed by atoms with Crippen LogP contribution in [0.3, 0.4) is 0 Å². The minimum atomic E-state index is -0.951. The van der Waals surface area contributed by atoms with Gasteiger partial charge in [0, 0.05) is 27.1 Å². The summed E-state index contributed by atoms with van der Waals surface area (Å²) in [6, 6.07) is -3.91. The molecule has 4 heterocycles. The zero-order valence-electron chi connectivity index (χ0n) is 39.7. The van der Waals surface area contributed by atoms with E-state index in [1.165, 1.54) is 35.2 Å². The van der Waals surface area contributed by atoms with Crippen molar-refractivity contribution in [3.8, 4) is 0 Å². The van der Waals surface area contributed by atoms with Crippen LogP contribution in [0.25, 0.3) is 0 Å². The Kier molecular flexibility index (Phi) is 18.7. The second kappa shape index (κ2) is 22.7. The van der Waals surface area contributed by atoms with Gasteiger partial charge in [-0.05, 0) is 94.9 Å². The molecule has 21 heteroatoms. The van der Waals surface area contributed by atoms with Gasteiger partial charge in [0.1, 0.15) is 60.4 Å². The quantitative estimate of drug-likeness (QED) is 0.0769. The summed E-state index contributed by atoms with van der Waals surface area (Å²) in [6.07, 6.45) is -3.08. The number of ether oxygens (including phenoxy) is 10. The Labute approximate surface area is 376 Å². The maximum Gasteiger partial charge on any atom is 0.408 e. The number of hydrogen-bond donors (Lipinski definition) is 5. The third-order valence-corrected chi connectivity index (χ3v) is 11.2. The van der Waals surface area contributed by atoms with Crippen molar-refractivity contribution in [3.05, 3.63) is 0 Å². The van der Waals surface area contributed by atoms with Crippen LogP contribution in [0, 0.1) is 0 Å². The zero-order chi connectivity index (χ0) is 47.7. The minimum absolute atomic E-state index is 0.0746. The van der Waals surface area contributed by atoms with Crippen molar-refractivity contribution in [3.63, 3.8) is 0 Å². The van der Waals surface area contributed by atoms with Crippen molar-refractivity contribution >= 4 is 35.7 Å². The summed E-state index contributed by atoms with van der Waals surface area (Å²) in [4.78, 5) is 77.0. The number of fused-ring (bicyclic) bond motifs is 2. The van der Waals surface area contributed by atoms with Crippen molar-refractivity contribution in [2.75, 3.05) is 21.3 Å². The SMILES string of the molecule is COC(=O)[C@H](C)NC(=O)CCCC[C@H](NC(=O)[C@H](C)NC(=O)CCCC[C@H](NC(=O)[C@H](C)NC(=O)OC(C)(C)C)[C@H]1O[C@@H]2OC(C)(C)O[C@@H]2[C@H]1OC)[C@H]1O[C@@H]2OC(C)(C)O[C@@H]2[C@H]1OC. The van der Waals surface area contributed by atoms with Gasteiger partial charge in [-0.2, -0.15) is 0 Å². The van der Waals surface area contributed by atoms with Gasteiger partial charge in [-0.1, -0.05) is 12.8 Å². The maximum absolute atomic E-state index is 13.7. The molecule has 0 spiro atoms. The number of alkyl carbamates (subject to hydrolysis) is 1. The van der Waals surface area contributed by atoms with E-state index in [1.807, 2.05) is 0 Å². The van der Waals surface area contributed by atoms with E-state index < -0.39 is 120 Å². The highest BCUT2D eigenvalue weighted by Gasteiger charge is 2.58.